The Morgan fingerprint density at radius 3 is 2.38 bits per heavy atom. The highest BCUT2D eigenvalue weighted by molar-refractivity contribution is 5.89. The number of likely N-dealkylation sites (N-methyl/N-ethyl adjacent to an activating group) is 2. The van der Waals surface area contributed by atoms with E-state index in [4.69, 9.17) is 0 Å². The molecular weight excluding hydrogens is 270 g/mol. The van der Waals surface area contributed by atoms with Crippen LogP contribution in [-0.2, 0) is 10.2 Å². The van der Waals surface area contributed by atoms with E-state index < -0.39 is 5.97 Å². The highest BCUT2D eigenvalue weighted by atomic mass is 16.4. The molecule has 1 aromatic rings. The molecule has 1 amide bonds. The third-order valence-electron chi connectivity index (χ3n) is 3.15. The van der Waals surface area contributed by atoms with Gasteiger partial charge >= 0.3 is 5.97 Å². The highest BCUT2D eigenvalue weighted by Gasteiger charge is 2.21. The van der Waals surface area contributed by atoms with Gasteiger partial charge in [0.1, 0.15) is 5.82 Å². The van der Waals surface area contributed by atoms with Crippen LogP contribution in [0.4, 0.5) is 5.82 Å². The van der Waals surface area contributed by atoms with E-state index in [1.165, 1.54) is 6.07 Å². The van der Waals surface area contributed by atoms with E-state index in [0.717, 1.165) is 0 Å². The van der Waals surface area contributed by atoms with Crippen molar-refractivity contribution in [3.63, 3.8) is 0 Å². The fourth-order valence-electron chi connectivity index (χ4n) is 1.79. The van der Waals surface area contributed by atoms with Crippen molar-refractivity contribution < 1.29 is 14.7 Å². The summed E-state index contributed by atoms with van der Waals surface area (Å²) in [5, 5.41) is 11.8. The normalized spacial score (nSPS) is 11.1. The number of aromatic nitrogens is 1. The number of rotatable bonds is 5. The Bertz CT molecular complexity index is 535. The molecule has 0 bridgehead atoms. The van der Waals surface area contributed by atoms with Crippen molar-refractivity contribution in [2.75, 3.05) is 25.0 Å². The molecule has 0 aliphatic carbocycles. The molecule has 0 aliphatic rings. The lowest BCUT2D eigenvalue weighted by Gasteiger charge is -2.25. The van der Waals surface area contributed by atoms with Crippen LogP contribution in [0.3, 0.4) is 0 Å². The van der Waals surface area contributed by atoms with Gasteiger partial charge in [-0.3, -0.25) is 4.79 Å². The zero-order valence-electron chi connectivity index (χ0n) is 13.2. The molecule has 0 spiro atoms. The van der Waals surface area contributed by atoms with E-state index in [2.05, 4.69) is 10.3 Å². The van der Waals surface area contributed by atoms with Gasteiger partial charge in [-0.25, -0.2) is 9.78 Å². The van der Waals surface area contributed by atoms with E-state index in [1.54, 1.807) is 18.0 Å². The Balaban J connectivity index is 3.29. The number of nitrogens with zero attached hydrogens (tertiary/aromatic N) is 2. The minimum atomic E-state index is -1.000. The number of carbonyl (C=O) groups is 2. The Morgan fingerprint density at radius 2 is 1.95 bits per heavy atom. The van der Waals surface area contributed by atoms with E-state index >= 15 is 0 Å². The van der Waals surface area contributed by atoms with Gasteiger partial charge in [-0.05, 0) is 19.1 Å². The van der Waals surface area contributed by atoms with Crippen molar-refractivity contribution in [3.05, 3.63) is 23.4 Å². The molecule has 21 heavy (non-hydrogen) atoms. The van der Waals surface area contributed by atoms with Gasteiger partial charge in [0.05, 0.1) is 12.1 Å². The number of hydrogen-bond acceptors (Lipinski definition) is 4. The molecule has 1 heterocycles. The number of carbonyl (C=O) groups excluding carboxylic acids is 1. The predicted molar refractivity (Wildman–Crippen MR) is 81.9 cm³/mol. The summed E-state index contributed by atoms with van der Waals surface area (Å²) >= 11 is 0. The molecule has 116 valence electrons. The standard InChI is InChI=1S/C15H23N3O3/c1-6-18(9-13(19)16-5)12-8-10(14(20)21)7-11(17-12)15(2,3)4/h7-8H,6,9H2,1-5H3,(H,16,19)(H,20,21). The van der Waals surface area contributed by atoms with Gasteiger partial charge in [0.15, 0.2) is 0 Å². The first-order chi connectivity index (χ1) is 9.68. The fraction of sp³-hybridized carbons (Fsp3) is 0.533. The molecule has 0 fully saturated rings. The van der Waals surface area contributed by atoms with Gasteiger partial charge in [-0.2, -0.15) is 0 Å². The maximum atomic E-state index is 11.6. The number of amides is 1. The van der Waals surface area contributed by atoms with Crippen LogP contribution in [0.5, 0.6) is 0 Å². The summed E-state index contributed by atoms with van der Waals surface area (Å²) in [5.74, 6) is -0.636. The van der Waals surface area contributed by atoms with Crippen molar-refractivity contribution in [2.24, 2.45) is 0 Å². The lowest BCUT2D eigenvalue weighted by atomic mass is 9.90. The quantitative estimate of drug-likeness (QED) is 0.862. The maximum Gasteiger partial charge on any atom is 0.335 e. The summed E-state index contributed by atoms with van der Waals surface area (Å²) in [4.78, 5) is 29.1. The molecule has 0 aliphatic heterocycles. The monoisotopic (exact) mass is 293 g/mol. The van der Waals surface area contributed by atoms with Gasteiger partial charge in [-0.1, -0.05) is 20.8 Å². The maximum absolute atomic E-state index is 11.6. The summed E-state index contributed by atoms with van der Waals surface area (Å²) in [6.07, 6.45) is 0. The molecule has 2 N–H and O–H groups in total. The van der Waals surface area contributed by atoms with E-state index in [-0.39, 0.29) is 23.4 Å². The molecular formula is C15H23N3O3. The third kappa shape index (κ3) is 4.44. The Hall–Kier alpha value is -2.11. The smallest absolute Gasteiger partial charge is 0.335 e. The number of pyridine rings is 1. The number of carboxylic acids is 1. The van der Waals surface area contributed by atoms with Crippen LogP contribution in [0.25, 0.3) is 0 Å². The molecule has 1 aromatic heterocycles. The van der Waals surface area contributed by atoms with Crippen molar-refractivity contribution >= 4 is 17.7 Å². The summed E-state index contributed by atoms with van der Waals surface area (Å²) in [6, 6.07) is 3.09. The van der Waals surface area contributed by atoms with Crippen LogP contribution < -0.4 is 10.2 Å². The second kappa shape index (κ2) is 6.56. The third-order valence-corrected chi connectivity index (χ3v) is 3.15. The summed E-state index contributed by atoms with van der Waals surface area (Å²) in [6.45, 7) is 8.52. The van der Waals surface area contributed by atoms with E-state index in [9.17, 15) is 14.7 Å². The molecule has 0 saturated carbocycles. The summed E-state index contributed by atoms with van der Waals surface area (Å²) in [7, 11) is 1.57. The Kier molecular flexibility index (Phi) is 5.29. The number of nitrogens with one attached hydrogen (secondary N) is 1. The first-order valence-corrected chi connectivity index (χ1v) is 6.90. The van der Waals surface area contributed by atoms with Crippen LogP contribution >= 0.6 is 0 Å². The molecule has 0 unspecified atom stereocenters. The highest BCUT2D eigenvalue weighted by Crippen LogP contribution is 2.25. The number of anilines is 1. The summed E-state index contributed by atoms with van der Waals surface area (Å²) in [5.41, 5.74) is 0.597. The largest absolute Gasteiger partial charge is 0.478 e. The number of aromatic carboxylic acids is 1. The lowest BCUT2D eigenvalue weighted by Crippen LogP contribution is -2.36. The van der Waals surface area contributed by atoms with Gasteiger partial charge in [0, 0.05) is 24.7 Å². The van der Waals surface area contributed by atoms with Crippen LogP contribution in [-0.4, -0.2) is 42.1 Å². The molecule has 0 radical (unpaired) electrons. The fourth-order valence-corrected chi connectivity index (χ4v) is 1.79. The second-order valence-electron chi connectivity index (χ2n) is 5.84. The Labute approximate surface area is 125 Å². The number of carboxylic acid groups (broad SMARTS) is 1. The van der Waals surface area contributed by atoms with Crippen LogP contribution in [0.2, 0.25) is 0 Å². The van der Waals surface area contributed by atoms with Gasteiger partial charge < -0.3 is 15.3 Å². The molecule has 0 atom stereocenters. The molecule has 0 aromatic carbocycles. The minimum absolute atomic E-state index is 0.142. The average molecular weight is 293 g/mol. The van der Waals surface area contributed by atoms with Gasteiger partial charge in [-0.15, -0.1) is 0 Å². The van der Waals surface area contributed by atoms with E-state index in [0.29, 0.717) is 18.1 Å². The molecule has 6 nitrogen and oxygen atoms in total. The van der Waals surface area contributed by atoms with E-state index in [1.807, 2.05) is 27.7 Å². The molecule has 0 saturated heterocycles. The zero-order valence-corrected chi connectivity index (χ0v) is 13.2. The number of hydrogen-bond donors (Lipinski definition) is 2. The molecule has 6 heteroatoms. The first-order valence-electron chi connectivity index (χ1n) is 6.90. The van der Waals surface area contributed by atoms with Gasteiger partial charge in [0.2, 0.25) is 5.91 Å². The van der Waals surface area contributed by atoms with Crippen molar-refractivity contribution in [1.29, 1.82) is 0 Å². The molecule has 1 rings (SSSR count). The minimum Gasteiger partial charge on any atom is -0.478 e. The lowest BCUT2D eigenvalue weighted by molar-refractivity contribution is -0.119. The van der Waals surface area contributed by atoms with Crippen LogP contribution in [0.15, 0.2) is 12.1 Å². The van der Waals surface area contributed by atoms with Crippen LogP contribution in [0, 0.1) is 0 Å². The second-order valence-corrected chi connectivity index (χ2v) is 5.84. The van der Waals surface area contributed by atoms with Crippen molar-refractivity contribution in [1.82, 2.24) is 10.3 Å². The zero-order chi connectivity index (χ0) is 16.2. The van der Waals surface area contributed by atoms with Gasteiger partial charge in [0.25, 0.3) is 0 Å². The summed E-state index contributed by atoms with van der Waals surface area (Å²) < 4.78 is 0. The SMILES string of the molecule is CCN(CC(=O)NC)c1cc(C(=O)O)cc(C(C)(C)C)n1. The first kappa shape index (κ1) is 16.9. The van der Waals surface area contributed by atoms with Crippen LogP contribution in [0.1, 0.15) is 43.7 Å². The van der Waals surface area contributed by atoms with Crippen molar-refractivity contribution in [2.45, 2.75) is 33.1 Å². The topological polar surface area (TPSA) is 82.5 Å². The van der Waals surface area contributed by atoms with Crippen molar-refractivity contribution in [3.8, 4) is 0 Å². The Morgan fingerprint density at radius 1 is 1.33 bits per heavy atom. The average Bonchev–Trinajstić information content (AvgIpc) is 2.42. The predicted octanol–water partition coefficient (Wildman–Crippen LogP) is 1.65.